The number of pyridine rings is 5. The first-order valence-corrected chi connectivity index (χ1v) is 15.2. The summed E-state index contributed by atoms with van der Waals surface area (Å²) < 4.78 is 0. The van der Waals surface area contributed by atoms with Gasteiger partial charge in [-0.1, -0.05) is 66.7 Å². The summed E-state index contributed by atoms with van der Waals surface area (Å²) in [6.07, 6.45) is 7.25. The Labute approximate surface area is 264 Å². The van der Waals surface area contributed by atoms with Gasteiger partial charge >= 0.3 is 0 Å². The highest BCUT2D eigenvalue weighted by atomic mass is 14.7. The molecule has 0 aliphatic heterocycles. The molecule has 0 unspecified atom stereocenters. The largest absolute Gasteiger partial charge is 0.265 e. The second kappa shape index (κ2) is 10.7. The summed E-state index contributed by atoms with van der Waals surface area (Å²) in [6.45, 7) is 0. The van der Waals surface area contributed by atoms with Gasteiger partial charge in [-0.3, -0.25) is 15.0 Å². The lowest BCUT2D eigenvalue weighted by Crippen LogP contribution is -1.90. The van der Waals surface area contributed by atoms with Crippen LogP contribution in [0.25, 0.3) is 88.4 Å². The Morgan fingerprint density at radius 1 is 0.370 bits per heavy atom. The van der Waals surface area contributed by atoms with Gasteiger partial charge in [0.05, 0.1) is 33.5 Å². The molecule has 0 radical (unpaired) electrons. The minimum absolute atomic E-state index is 0.921. The van der Waals surface area contributed by atoms with E-state index in [0.717, 1.165) is 88.4 Å². The van der Waals surface area contributed by atoms with Crippen LogP contribution in [-0.2, 0) is 0 Å². The molecule has 0 aliphatic rings. The van der Waals surface area contributed by atoms with Crippen molar-refractivity contribution in [1.29, 1.82) is 0 Å². The fraction of sp³-hybridized carbons (Fsp3) is 0. The van der Waals surface area contributed by atoms with Gasteiger partial charge < -0.3 is 0 Å². The molecule has 5 heteroatoms. The van der Waals surface area contributed by atoms with Crippen molar-refractivity contribution in [2.45, 2.75) is 0 Å². The number of hydrogen-bond acceptors (Lipinski definition) is 5. The number of aromatic nitrogens is 5. The van der Waals surface area contributed by atoms with Gasteiger partial charge in [-0.15, -0.1) is 0 Å². The Balaban J connectivity index is 1.03. The molecular formula is C41H25N5. The van der Waals surface area contributed by atoms with Crippen molar-refractivity contribution in [1.82, 2.24) is 24.9 Å². The number of hydrogen-bond donors (Lipinski definition) is 0. The SMILES string of the molecule is c1cnc2c(c1)cc(-c1ccc(-c3ccc4cc(-c5ccc6ccc(-c7ccncc7)nc6c5)ccc4n3)cc1)c1cccnc12. The Bertz CT molecular complexity index is 2580. The van der Waals surface area contributed by atoms with Gasteiger partial charge in [-0.25, -0.2) is 9.97 Å². The van der Waals surface area contributed by atoms with E-state index in [9.17, 15) is 0 Å². The third-order valence-corrected chi connectivity index (χ3v) is 8.64. The van der Waals surface area contributed by atoms with Gasteiger partial charge in [0.2, 0.25) is 0 Å². The minimum Gasteiger partial charge on any atom is -0.265 e. The topological polar surface area (TPSA) is 64.5 Å². The van der Waals surface area contributed by atoms with Crippen molar-refractivity contribution < 1.29 is 0 Å². The van der Waals surface area contributed by atoms with Crippen LogP contribution in [0, 0.1) is 0 Å². The maximum absolute atomic E-state index is 5.03. The molecule has 0 N–H and O–H groups in total. The third-order valence-electron chi connectivity index (χ3n) is 8.64. The molecule has 0 fully saturated rings. The van der Waals surface area contributed by atoms with Crippen LogP contribution in [0.1, 0.15) is 0 Å². The zero-order valence-electron chi connectivity index (χ0n) is 24.7. The second-order valence-corrected chi connectivity index (χ2v) is 11.4. The molecule has 214 valence electrons. The molecule has 0 saturated carbocycles. The van der Waals surface area contributed by atoms with Crippen LogP contribution < -0.4 is 0 Å². The van der Waals surface area contributed by atoms with Gasteiger partial charge in [0.25, 0.3) is 0 Å². The van der Waals surface area contributed by atoms with Crippen molar-refractivity contribution in [3.63, 3.8) is 0 Å². The van der Waals surface area contributed by atoms with Crippen LogP contribution in [0.3, 0.4) is 0 Å². The van der Waals surface area contributed by atoms with Crippen molar-refractivity contribution in [2.24, 2.45) is 0 Å². The summed E-state index contributed by atoms with van der Waals surface area (Å²) >= 11 is 0. The van der Waals surface area contributed by atoms with E-state index in [-0.39, 0.29) is 0 Å². The highest BCUT2D eigenvalue weighted by molar-refractivity contribution is 6.10. The number of rotatable bonds is 4. The van der Waals surface area contributed by atoms with Crippen molar-refractivity contribution >= 4 is 43.6 Å². The first-order chi connectivity index (χ1) is 22.8. The standard InChI is InChI=1S/C41H25N5/c1-3-33-24-35(34-4-2-20-44-41(34)40(33)43-19-1)26-5-7-27(8-6-26)36-16-13-32-23-30(12-15-38(32)45-36)31-10-9-28-11-14-37(46-39(28)25-31)29-17-21-42-22-18-29/h1-25H. The molecule has 0 bridgehead atoms. The lowest BCUT2D eigenvalue weighted by molar-refractivity contribution is 1.31. The van der Waals surface area contributed by atoms with Crippen LogP contribution in [0.15, 0.2) is 152 Å². The van der Waals surface area contributed by atoms with E-state index in [0.29, 0.717) is 0 Å². The van der Waals surface area contributed by atoms with E-state index < -0.39 is 0 Å². The summed E-state index contributed by atoms with van der Waals surface area (Å²) in [6, 6.07) is 44.3. The number of fused-ring (bicyclic) bond motifs is 5. The summed E-state index contributed by atoms with van der Waals surface area (Å²) in [5, 5.41) is 4.39. The minimum atomic E-state index is 0.921. The van der Waals surface area contributed by atoms with Gasteiger partial charge in [0.1, 0.15) is 0 Å². The average molecular weight is 588 g/mol. The van der Waals surface area contributed by atoms with E-state index in [1.165, 1.54) is 0 Å². The monoisotopic (exact) mass is 587 g/mol. The third kappa shape index (κ3) is 4.54. The Kier molecular flexibility index (Phi) is 6.06. The van der Waals surface area contributed by atoms with E-state index in [4.69, 9.17) is 9.97 Å². The quantitative estimate of drug-likeness (QED) is 0.192. The summed E-state index contributed by atoms with van der Waals surface area (Å²) in [5.41, 5.74) is 12.3. The Morgan fingerprint density at radius 3 is 1.85 bits per heavy atom. The molecule has 4 aromatic carbocycles. The van der Waals surface area contributed by atoms with Crippen LogP contribution in [0.5, 0.6) is 0 Å². The first kappa shape index (κ1) is 26.1. The normalized spacial score (nSPS) is 11.5. The first-order valence-electron chi connectivity index (χ1n) is 15.2. The molecule has 0 aliphatic carbocycles. The molecule has 9 aromatic rings. The maximum atomic E-state index is 5.03. The van der Waals surface area contributed by atoms with Crippen molar-refractivity contribution in [3.8, 4) is 44.8 Å². The summed E-state index contributed by atoms with van der Waals surface area (Å²) in [5.74, 6) is 0. The second-order valence-electron chi connectivity index (χ2n) is 11.4. The van der Waals surface area contributed by atoms with Gasteiger partial charge in [0.15, 0.2) is 0 Å². The van der Waals surface area contributed by atoms with Crippen LogP contribution in [0.2, 0.25) is 0 Å². The lowest BCUT2D eigenvalue weighted by atomic mass is 9.96. The molecule has 46 heavy (non-hydrogen) atoms. The predicted octanol–water partition coefficient (Wildman–Crippen LogP) is 9.94. The van der Waals surface area contributed by atoms with Crippen LogP contribution in [0.4, 0.5) is 0 Å². The molecule has 0 atom stereocenters. The molecule has 9 rings (SSSR count). The van der Waals surface area contributed by atoms with Crippen molar-refractivity contribution in [2.75, 3.05) is 0 Å². The average Bonchev–Trinajstić information content (AvgIpc) is 3.14. The highest BCUT2D eigenvalue weighted by Crippen LogP contribution is 2.34. The summed E-state index contributed by atoms with van der Waals surface area (Å²) in [7, 11) is 0. The van der Waals surface area contributed by atoms with Crippen LogP contribution in [-0.4, -0.2) is 24.9 Å². The molecule has 5 aromatic heterocycles. The van der Waals surface area contributed by atoms with E-state index >= 15 is 0 Å². The molecule has 0 saturated heterocycles. The van der Waals surface area contributed by atoms with Crippen LogP contribution >= 0.6 is 0 Å². The van der Waals surface area contributed by atoms with E-state index in [1.807, 2.05) is 36.7 Å². The Hall–Kier alpha value is -6.33. The molecule has 5 heterocycles. The smallest absolute Gasteiger partial charge is 0.0970 e. The number of nitrogens with zero attached hydrogens (tertiary/aromatic N) is 5. The molecule has 5 nitrogen and oxygen atoms in total. The number of benzene rings is 4. The maximum Gasteiger partial charge on any atom is 0.0970 e. The molecule has 0 amide bonds. The highest BCUT2D eigenvalue weighted by Gasteiger charge is 2.11. The predicted molar refractivity (Wildman–Crippen MR) is 187 cm³/mol. The zero-order chi connectivity index (χ0) is 30.5. The van der Waals surface area contributed by atoms with E-state index in [2.05, 4.69) is 118 Å². The summed E-state index contributed by atoms with van der Waals surface area (Å²) in [4.78, 5) is 23.4. The fourth-order valence-electron chi connectivity index (χ4n) is 6.28. The lowest BCUT2D eigenvalue weighted by Gasteiger charge is -2.11. The Morgan fingerprint density at radius 2 is 1.00 bits per heavy atom. The van der Waals surface area contributed by atoms with Crippen molar-refractivity contribution in [3.05, 3.63) is 152 Å². The zero-order valence-corrected chi connectivity index (χ0v) is 24.7. The van der Waals surface area contributed by atoms with Gasteiger partial charge in [-0.2, -0.15) is 0 Å². The molecular weight excluding hydrogens is 562 g/mol. The fourth-order valence-corrected chi connectivity index (χ4v) is 6.28. The van der Waals surface area contributed by atoms with E-state index in [1.54, 1.807) is 12.4 Å². The molecule has 0 spiro atoms. The van der Waals surface area contributed by atoms with Gasteiger partial charge in [0, 0.05) is 57.5 Å². The van der Waals surface area contributed by atoms with Gasteiger partial charge in [-0.05, 0) is 82.9 Å².